The van der Waals surface area contributed by atoms with Crippen molar-refractivity contribution >= 4 is 11.9 Å². The van der Waals surface area contributed by atoms with Crippen LogP contribution < -0.4 is 10.1 Å². The summed E-state index contributed by atoms with van der Waals surface area (Å²) < 4.78 is 9.99. The van der Waals surface area contributed by atoms with Gasteiger partial charge in [-0.2, -0.15) is 0 Å². The summed E-state index contributed by atoms with van der Waals surface area (Å²) in [7, 11) is 1.59. The Bertz CT molecular complexity index is 436. The molecule has 0 aliphatic carbocycles. The molecule has 1 heterocycles. The van der Waals surface area contributed by atoms with E-state index in [0.717, 1.165) is 6.42 Å². The van der Waals surface area contributed by atoms with E-state index in [1.54, 1.807) is 7.11 Å². The monoisotopic (exact) mass is 268 g/mol. The minimum absolute atomic E-state index is 0.0120. The van der Waals surface area contributed by atoms with Gasteiger partial charge in [-0.25, -0.2) is 4.79 Å². The molecule has 0 aliphatic heterocycles. The summed E-state index contributed by atoms with van der Waals surface area (Å²) in [6.07, 6.45) is 3.28. The Kier molecular flexibility index (Phi) is 6.31. The van der Waals surface area contributed by atoms with E-state index in [2.05, 4.69) is 10.3 Å². The first-order chi connectivity index (χ1) is 9.13. The fraction of sp³-hybridized carbons (Fsp3) is 0.417. The lowest BCUT2D eigenvalue weighted by atomic mass is 10.3. The lowest BCUT2D eigenvalue weighted by Gasteiger charge is -2.07. The van der Waals surface area contributed by atoms with Gasteiger partial charge in [-0.1, -0.05) is 0 Å². The molecule has 0 aromatic carbocycles. The van der Waals surface area contributed by atoms with Gasteiger partial charge < -0.3 is 19.9 Å². The molecular weight excluding hydrogens is 252 g/mol. The zero-order valence-corrected chi connectivity index (χ0v) is 10.6. The van der Waals surface area contributed by atoms with Crippen LogP contribution in [0, 0.1) is 0 Å². The van der Waals surface area contributed by atoms with Crippen molar-refractivity contribution in [3.63, 3.8) is 0 Å². The number of rotatable bonds is 8. The van der Waals surface area contributed by atoms with Crippen LogP contribution in [0.25, 0.3) is 0 Å². The van der Waals surface area contributed by atoms with E-state index in [9.17, 15) is 9.59 Å². The first-order valence-electron chi connectivity index (χ1n) is 5.70. The molecule has 0 atom stereocenters. The number of methoxy groups -OCH3 is 1. The van der Waals surface area contributed by atoms with Crippen molar-refractivity contribution in [2.45, 2.75) is 6.42 Å². The highest BCUT2D eigenvalue weighted by Crippen LogP contribution is 2.10. The number of nitrogens with one attached hydrogen (secondary N) is 1. The number of aromatic carboxylic acids is 1. The number of pyridine rings is 1. The molecule has 0 bridgehead atoms. The predicted octanol–water partition coefficient (Wildman–Crippen LogP) is 0.311. The van der Waals surface area contributed by atoms with E-state index in [-0.39, 0.29) is 23.8 Å². The standard InChI is InChI=1S/C12H16N2O5/c1-18-4-2-3-14-11(15)8-19-10-5-9(12(16)17)6-13-7-10/h5-7H,2-4,8H2,1H3,(H,14,15)(H,16,17). The van der Waals surface area contributed by atoms with Crippen molar-refractivity contribution in [2.24, 2.45) is 0 Å². The number of carbonyl (C=O) groups excluding carboxylic acids is 1. The molecule has 0 spiro atoms. The summed E-state index contributed by atoms with van der Waals surface area (Å²) in [5.74, 6) is -1.13. The fourth-order valence-corrected chi connectivity index (χ4v) is 1.26. The fourth-order valence-electron chi connectivity index (χ4n) is 1.26. The maximum atomic E-state index is 11.4. The summed E-state index contributed by atoms with van der Waals surface area (Å²) in [5, 5.41) is 11.4. The van der Waals surface area contributed by atoms with Crippen LogP contribution >= 0.6 is 0 Å². The number of carboxylic acid groups (broad SMARTS) is 1. The highest BCUT2D eigenvalue weighted by Gasteiger charge is 2.06. The van der Waals surface area contributed by atoms with Crippen LogP contribution in [0.1, 0.15) is 16.8 Å². The van der Waals surface area contributed by atoms with Gasteiger partial charge in [0.25, 0.3) is 5.91 Å². The molecule has 19 heavy (non-hydrogen) atoms. The second-order valence-electron chi connectivity index (χ2n) is 3.70. The van der Waals surface area contributed by atoms with Crippen LogP contribution in [0.15, 0.2) is 18.5 Å². The van der Waals surface area contributed by atoms with Gasteiger partial charge in [0, 0.05) is 26.5 Å². The van der Waals surface area contributed by atoms with Crippen LogP contribution in [-0.4, -0.2) is 48.8 Å². The molecule has 0 saturated carbocycles. The number of carboxylic acids is 1. The second kappa shape index (κ2) is 8.04. The van der Waals surface area contributed by atoms with Crippen molar-refractivity contribution in [3.05, 3.63) is 24.0 Å². The number of nitrogens with zero attached hydrogens (tertiary/aromatic N) is 1. The highest BCUT2D eigenvalue weighted by atomic mass is 16.5. The average Bonchev–Trinajstić information content (AvgIpc) is 2.41. The topological polar surface area (TPSA) is 97.8 Å². The zero-order chi connectivity index (χ0) is 14.1. The molecular formula is C12H16N2O5. The number of hydrogen-bond acceptors (Lipinski definition) is 5. The number of carbonyl (C=O) groups is 2. The van der Waals surface area contributed by atoms with Gasteiger partial charge >= 0.3 is 5.97 Å². The number of hydrogen-bond donors (Lipinski definition) is 2. The molecule has 0 radical (unpaired) electrons. The molecule has 104 valence electrons. The molecule has 0 saturated heterocycles. The van der Waals surface area contributed by atoms with E-state index in [4.69, 9.17) is 14.6 Å². The molecule has 0 unspecified atom stereocenters. The largest absolute Gasteiger partial charge is 0.482 e. The Balaban J connectivity index is 2.33. The maximum Gasteiger partial charge on any atom is 0.337 e. The molecule has 1 amide bonds. The van der Waals surface area contributed by atoms with E-state index in [1.165, 1.54) is 18.5 Å². The van der Waals surface area contributed by atoms with Gasteiger partial charge in [0.15, 0.2) is 6.61 Å². The zero-order valence-electron chi connectivity index (χ0n) is 10.6. The van der Waals surface area contributed by atoms with Crippen LogP contribution in [0.2, 0.25) is 0 Å². The molecule has 1 aromatic heterocycles. The van der Waals surface area contributed by atoms with Gasteiger partial charge in [-0.05, 0) is 12.5 Å². The van der Waals surface area contributed by atoms with Gasteiger partial charge in [0.2, 0.25) is 0 Å². The quantitative estimate of drug-likeness (QED) is 0.658. The molecule has 1 rings (SSSR count). The number of amides is 1. The predicted molar refractivity (Wildman–Crippen MR) is 66.2 cm³/mol. The lowest BCUT2D eigenvalue weighted by molar-refractivity contribution is -0.123. The SMILES string of the molecule is COCCCNC(=O)COc1cncc(C(=O)O)c1. The van der Waals surface area contributed by atoms with Crippen LogP contribution in [0.3, 0.4) is 0 Å². The summed E-state index contributed by atoms with van der Waals surface area (Å²) in [6, 6.07) is 1.31. The Morgan fingerprint density at radius 1 is 1.42 bits per heavy atom. The molecule has 0 aliphatic rings. The summed E-state index contributed by atoms with van der Waals surface area (Å²) in [4.78, 5) is 25.8. The second-order valence-corrected chi connectivity index (χ2v) is 3.70. The molecule has 7 nitrogen and oxygen atoms in total. The minimum Gasteiger partial charge on any atom is -0.482 e. The van der Waals surface area contributed by atoms with Gasteiger partial charge in [0.05, 0.1) is 11.8 Å². The first kappa shape index (κ1) is 14.9. The third kappa shape index (κ3) is 5.82. The van der Waals surface area contributed by atoms with E-state index < -0.39 is 5.97 Å². The van der Waals surface area contributed by atoms with Crippen molar-refractivity contribution in [1.82, 2.24) is 10.3 Å². The highest BCUT2D eigenvalue weighted by molar-refractivity contribution is 5.87. The van der Waals surface area contributed by atoms with Gasteiger partial charge in [-0.15, -0.1) is 0 Å². The van der Waals surface area contributed by atoms with E-state index >= 15 is 0 Å². The maximum absolute atomic E-state index is 11.4. The van der Waals surface area contributed by atoms with Crippen molar-refractivity contribution in [2.75, 3.05) is 26.9 Å². The number of ether oxygens (including phenoxy) is 2. The summed E-state index contributed by atoms with van der Waals surface area (Å²) in [6.45, 7) is 0.896. The smallest absolute Gasteiger partial charge is 0.337 e. The van der Waals surface area contributed by atoms with Crippen molar-refractivity contribution in [1.29, 1.82) is 0 Å². The van der Waals surface area contributed by atoms with E-state index in [1.807, 2.05) is 0 Å². The van der Waals surface area contributed by atoms with Gasteiger partial charge in [-0.3, -0.25) is 9.78 Å². The van der Waals surface area contributed by atoms with Crippen molar-refractivity contribution < 1.29 is 24.2 Å². The Hall–Kier alpha value is -2.15. The third-order valence-electron chi connectivity index (χ3n) is 2.18. The minimum atomic E-state index is -1.10. The first-order valence-corrected chi connectivity index (χ1v) is 5.70. The molecule has 0 fully saturated rings. The molecule has 1 aromatic rings. The summed E-state index contributed by atoms with van der Waals surface area (Å²) in [5.41, 5.74) is 0.0120. The van der Waals surface area contributed by atoms with E-state index in [0.29, 0.717) is 13.2 Å². The Morgan fingerprint density at radius 3 is 2.89 bits per heavy atom. The molecule has 2 N–H and O–H groups in total. The van der Waals surface area contributed by atoms with Crippen LogP contribution in [0.4, 0.5) is 0 Å². The Morgan fingerprint density at radius 2 is 2.21 bits per heavy atom. The van der Waals surface area contributed by atoms with Crippen LogP contribution in [0.5, 0.6) is 5.75 Å². The van der Waals surface area contributed by atoms with Crippen molar-refractivity contribution in [3.8, 4) is 5.75 Å². The third-order valence-corrected chi connectivity index (χ3v) is 2.18. The lowest BCUT2D eigenvalue weighted by Crippen LogP contribution is -2.30. The molecule has 7 heteroatoms. The number of aromatic nitrogens is 1. The summed E-state index contributed by atoms with van der Waals surface area (Å²) >= 11 is 0. The Labute approximate surface area is 110 Å². The average molecular weight is 268 g/mol. The van der Waals surface area contributed by atoms with Crippen LogP contribution in [-0.2, 0) is 9.53 Å². The normalized spacial score (nSPS) is 9.95. The van der Waals surface area contributed by atoms with Gasteiger partial charge in [0.1, 0.15) is 5.75 Å².